The number of carbonyl (C=O) groups excluding carboxylic acids is 1. The van der Waals surface area contributed by atoms with Crippen LogP contribution in [0.4, 0.5) is 0 Å². The first-order valence-corrected chi connectivity index (χ1v) is 7.59. The predicted molar refractivity (Wildman–Crippen MR) is 79.7 cm³/mol. The standard InChI is InChI=1S/C14H16Cl2N2O3/c15-10-6-9(7-17-12(10)16)13(19)18-11(14(20)21)8-4-2-1-3-5-8/h6-8,11H,1-5H2,(H,18,19)(H,20,21). The van der Waals surface area contributed by atoms with Gasteiger partial charge in [0.1, 0.15) is 11.2 Å². The summed E-state index contributed by atoms with van der Waals surface area (Å²) in [6.45, 7) is 0. The highest BCUT2D eigenvalue weighted by Gasteiger charge is 2.31. The van der Waals surface area contributed by atoms with Crippen molar-refractivity contribution in [2.24, 2.45) is 5.92 Å². The number of carbonyl (C=O) groups is 2. The van der Waals surface area contributed by atoms with E-state index in [9.17, 15) is 14.7 Å². The number of pyridine rings is 1. The largest absolute Gasteiger partial charge is 0.480 e. The summed E-state index contributed by atoms with van der Waals surface area (Å²) in [5, 5.41) is 12.2. The molecule has 1 amide bonds. The Hall–Kier alpha value is -1.33. The van der Waals surface area contributed by atoms with Crippen LogP contribution in [0.3, 0.4) is 0 Å². The first kappa shape index (κ1) is 16.0. The number of aliphatic carboxylic acids is 1. The van der Waals surface area contributed by atoms with Crippen molar-refractivity contribution < 1.29 is 14.7 Å². The fourth-order valence-corrected chi connectivity index (χ4v) is 2.89. The minimum atomic E-state index is -1.01. The molecule has 1 aromatic rings. The van der Waals surface area contributed by atoms with E-state index >= 15 is 0 Å². The van der Waals surface area contributed by atoms with E-state index in [2.05, 4.69) is 10.3 Å². The molecule has 21 heavy (non-hydrogen) atoms. The highest BCUT2D eigenvalue weighted by Crippen LogP contribution is 2.27. The van der Waals surface area contributed by atoms with Gasteiger partial charge in [-0.1, -0.05) is 42.5 Å². The van der Waals surface area contributed by atoms with Gasteiger partial charge in [0, 0.05) is 6.20 Å². The normalized spacial score (nSPS) is 17.2. The third kappa shape index (κ3) is 4.08. The molecule has 1 saturated carbocycles. The molecule has 0 bridgehead atoms. The van der Waals surface area contributed by atoms with Gasteiger partial charge in [-0.05, 0) is 24.8 Å². The van der Waals surface area contributed by atoms with E-state index in [4.69, 9.17) is 23.2 Å². The monoisotopic (exact) mass is 330 g/mol. The molecule has 114 valence electrons. The average Bonchev–Trinajstić information content (AvgIpc) is 2.48. The van der Waals surface area contributed by atoms with Crippen LogP contribution in [0, 0.1) is 5.92 Å². The Morgan fingerprint density at radius 1 is 1.29 bits per heavy atom. The topological polar surface area (TPSA) is 79.3 Å². The lowest BCUT2D eigenvalue weighted by molar-refractivity contribution is -0.141. The highest BCUT2D eigenvalue weighted by atomic mass is 35.5. The van der Waals surface area contributed by atoms with Crippen LogP contribution in [0.25, 0.3) is 0 Å². The molecule has 0 aromatic carbocycles. The summed E-state index contributed by atoms with van der Waals surface area (Å²) in [4.78, 5) is 27.3. The number of aromatic nitrogens is 1. The van der Waals surface area contributed by atoms with E-state index in [1.54, 1.807) is 0 Å². The molecule has 1 heterocycles. The van der Waals surface area contributed by atoms with E-state index < -0.39 is 17.9 Å². The Labute approximate surface area is 132 Å². The van der Waals surface area contributed by atoms with Crippen molar-refractivity contribution in [1.29, 1.82) is 0 Å². The van der Waals surface area contributed by atoms with Gasteiger partial charge in [-0.2, -0.15) is 0 Å². The molecule has 2 rings (SSSR count). The summed E-state index contributed by atoms with van der Waals surface area (Å²) in [5.74, 6) is -1.54. The summed E-state index contributed by atoms with van der Waals surface area (Å²) < 4.78 is 0. The number of carboxylic acid groups (broad SMARTS) is 1. The van der Waals surface area contributed by atoms with Gasteiger partial charge < -0.3 is 10.4 Å². The molecule has 1 aromatic heterocycles. The van der Waals surface area contributed by atoms with Gasteiger partial charge >= 0.3 is 5.97 Å². The quantitative estimate of drug-likeness (QED) is 0.831. The Morgan fingerprint density at radius 2 is 1.95 bits per heavy atom. The van der Waals surface area contributed by atoms with Crippen molar-refractivity contribution in [3.63, 3.8) is 0 Å². The van der Waals surface area contributed by atoms with Crippen LogP contribution in [0.15, 0.2) is 12.3 Å². The number of amides is 1. The van der Waals surface area contributed by atoms with Gasteiger partial charge in [0.2, 0.25) is 0 Å². The number of carboxylic acids is 1. The minimum absolute atomic E-state index is 0.0315. The van der Waals surface area contributed by atoms with Crippen LogP contribution >= 0.6 is 23.2 Å². The smallest absolute Gasteiger partial charge is 0.326 e. The molecular formula is C14H16Cl2N2O3. The van der Waals surface area contributed by atoms with Gasteiger partial charge in [0.25, 0.3) is 5.91 Å². The van der Waals surface area contributed by atoms with E-state index in [-0.39, 0.29) is 21.7 Å². The lowest BCUT2D eigenvalue weighted by Gasteiger charge is -2.28. The lowest BCUT2D eigenvalue weighted by Crippen LogP contribution is -2.46. The van der Waals surface area contributed by atoms with Crippen molar-refractivity contribution >= 4 is 35.1 Å². The fourth-order valence-electron chi connectivity index (χ4n) is 2.62. The van der Waals surface area contributed by atoms with Gasteiger partial charge in [0.05, 0.1) is 10.6 Å². The van der Waals surface area contributed by atoms with Crippen molar-refractivity contribution in [3.8, 4) is 0 Å². The Morgan fingerprint density at radius 3 is 2.52 bits per heavy atom. The Bertz CT molecular complexity index is 545. The number of nitrogens with one attached hydrogen (secondary N) is 1. The van der Waals surface area contributed by atoms with Gasteiger partial charge in [-0.3, -0.25) is 4.79 Å². The number of hydrogen-bond donors (Lipinski definition) is 2. The second kappa shape index (κ2) is 7.09. The molecule has 1 atom stereocenters. The molecule has 1 aliphatic rings. The fraction of sp³-hybridized carbons (Fsp3) is 0.500. The molecule has 1 fully saturated rings. The Kier molecular flexibility index (Phi) is 5.42. The van der Waals surface area contributed by atoms with E-state index in [1.807, 2.05) is 0 Å². The van der Waals surface area contributed by atoms with Gasteiger partial charge in [-0.25, -0.2) is 9.78 Å². The van der Waals surface area contributed by atoms with E-state index in [0.717, 1.165) is 32.1 Å². The number of halogens is 2. The zero-order valence-electron chi connectivity index (χ0n) is 11.3. The molecule has 1 aliphatic carbocycles. The minimum Gasteiger partial charge on any atom is -0.480 e. The molecule has 0 radical (unpaired) electrons. The third-order valence-corrected chi connectivity index (χ3v) is 4.42. The lowest BCUT2D eigenvalue weighted by atomic mass is 9.84. The van der Waals surface area contributed by atoms with Crippen LogP contribution in [-0.4, -0.2) is 28.0 Å². The molecule has 0 saturated heterocycles. The van der Waals surface area contributed by atoms with E-state index in [1.165, 1.54) is 12.3 Å². The SMILES string of the molecule is O=C(NC(C(=O)O)C1CCCCC1)c1cnc(Cl)c(Cl)c1. The summed E-state index contributed by atoms with van der Waals surface area (Å²) in [7, 11) is 0. The number of nitrogens with zero attached hydrogens (tertiary/aromatic N) is 1. The maximum absolute atomic E-state index is 12.1. The number of rotatable bonds is 4. The van der Waals surface area contributed by atoms with Gasteiger partial charge in [-0.15, -0.1) is 0 Å². The third-order valence-electron chi connectivity index (χ3n) is 3.73. The van der Waals surface area contributed by atoms with Gasteiger partial charge in [0.15, 0.2) is 0 Å². The van der Waals surface area contributed by atoms with Crippen molar-refractivity contribution in [2.75, 3.05) is 0 Å². The van der Waals surface area contributed by atoms with Crippen LogP contribution in [-0.2, 0) is 4.79 Å². The Balaban J connectivity index is 2.10. The maximum atomic E-state index is 12.1. The average molecular weight is 331 g/mol. The van der Waals surface area contributed by atoms with Crippen molar-refractivity contribution in [3.05, 3.63) is 28.0 Å². The molecule has 5 nitrogen and oxygen atoms in total. The maximum Gasteiger partial charge on any atom is 0.326 e. The summed E-state index contributed by atoms with van der Waals surface area (Å²) >= 11 is 11.5. The van der Waals surface area contributed by atoms with Crippen molar-refractivity contribution in [1.82, 2.24) is 10.3 Å². The molecule has 0 aliphatic heterocycles. The van der Waals surface area contributed by atoms with Crippen LogP contribution < -0.4 is 5.32 Å². The zero-order valence-corrected chi connectivity index (χ0v) is 12.8. The summed E-state index contributed by atoms with van der Waals surface area (Å²) in [5.41, 5.74) is 0.200. The molecular weight excluding hydrogens is 315 g/mol. The predicted octanol–water partition coefficient (Wildman–Crippen LogP) is 3.15. The molecule has 1 unspecified atom stereocenters. The molecule has 2 N–H and O–H groups in total. The number of hydrogen-bond acceptors (Lipinski definition) is 3. The van der Waals surface area contributed by atoms with E-state index in [0.29, 0.717) is 0 Å². The highest BCUT2D eigenvalue weighted by molar-refractivity contribution is 6.41. The second-order valence-corrected chi connectivity index (χ2v) is 5.95. The first-order chi connectivity index (χ1) is 9.99. The summed E-state index contributed by atoms with van der Waals surface area (Å²) in [6, 6.07) is 0.499. The van der Waals surface area contributed by atoms with Crippen LogP contribution in [0.2, 0.25) is 10.2 Å². The first-order valence-electron chi connectivity index (χ1n) is 6.83. The van der Waals surface area contributed by atoms with Crippen LogP contribution in [0.1, 0.15) is 42.5 Å². The van der Waals surface area contributed by atoms with Crippen molar-refractivity contribution in [2.45, 2.75) is 38.1 Å². The van der Waals surface area contributed by atoms with Crippen LogP contribution in [0.5, 0.6) is 0 Å². The second-order valence-electron chi connectivity index (χ2n) is 5.18. The zero-order chi connectivity index (χ0) is 15.4. The summed E-state index contributed by atoms with van der Waals surface area (Å²) in [6.07, 6.45) is 6.03. The molecule has 0 spiro atoms. The molecule has 7 heteroatoms.